The van der Waals surface area contributed by atoms with Crippen LogP contribution in [0.5, 0.6) is 11.5 Å². The summed E-state index contributed by atoms with van der Waals surface area (Å²) in [7, 11) is 4.52. The van der Waals surface area contributed by atoms with Gasteiger partial charge in [0.05, 0.1) is 0 Å². The zero-order valence-corrected chi connectivity index (χ0v) is 27.7. The van der Waals surface area contributed by atoms with Crippen LogP contribution in [0.3, 0.4) is 0 Å². The number of nitrogens with zero attached hydrogens (tertiary/aromatic N) is 5. The number of aromatic hydroxyl groups is 1. The molecule has 1 aromatic heterocycles. The van der Waals surface area contributed by atoms with Crippen LogP contribution in [0.15, 0.2) is 47.3 Å². The van der Waals surface area contributed by atoms with E-state index >= 15 is 0 Å². The Hall–Kier alpha value is -4.78. The van der Waals surface area contributed by atoms with Gasteiger partial charge in [-0.2, -0.15) is 0 Å². The summed E-state index contributed by atoms with van der Waals surface area (Å²) in [6.07, 6.45) is 2.00. The van der Waals surface area contributed by atoms with E-state index < -0.39 is 45.7 Å². The van der Waals surface area contributed by atoms with Crippen LogP contribution in [0.25, 0.3) is 0 Å². The molecule has 3 amide bonds. The number of aryl methyl sites for hydroxylation is 1. The highest BCUT2D eigenvalue weighted by molar-refractivity contribution is 6.34. The Labute approximate surface area is 278 Å². The molecule has 1 fully saturated rings. The fourth-order valence-electron chi connectivity index (χ4n) is 7.41. The van der Waals surface area contributed by atoms with Crippen LogP contribution in [-0.4, -0.2) is 87.9 Å². The van der Waals surface area contributed by atoms with E-state index in [1.807, 2.05) is 24.3 Å². The molecule has 2 bridgehead atoms. The maximum absolute atomic E-state index is 14.0. The number of hydrogen-bond acceptors (Lipinski definition) is 8. The van der Waals surface area contributed by atoms with E-state index in [0.29, 0.717) is 63.1 Å². The van der Waals surface area contributed by atoms with Gasteiger partial charge in [-0.1, -0.05) is 30.3 Å². The van der Waals surface area contributed by atoms with Gasteiger partial charge in [0.1, 0.15) is 29.5 Å². The Balaban J connectivity index is 1.38. The summed E-state index contributed by atoms with van der Waals surface area (Å²) < 4.78 is 21.2. The van der Waals surface area contributed by atoms with Crippen molar-refractivity contribution in [1.29, 1.82) is 0 Å². The molecule has 4 heterocycles. The number of para-hydroxylation sites is 1. The zero-order valence-electron chi connectivity index (χ0n) is 27.7. The first-order valence-electron chi connectivity index (χ1n) is 16.1. The van der Waals surface area contributed by atoms with Gasteiger partial charge in [-0.25, -0.2) is 9.37 Å². The highest BCUT2D eigenvalue weighted by Crippen LogP contribution is 2.52. The molecular formula is C35H41FN6O6. The minimum absolute atomic E-state index is 0.00610. The van der Waals surface area contributed by atoms with E-state index in [2.05, 4.69) is 15.2 Å². The van der Waals surface area contributed by atoms with Crippen LogP contribution >= 0.6 is 0 Å². The number of rotatable bonds is 6. The second-order valence-corrected chi connectivity index (χ2v) is 13.6. The summed E-state index contributed by atoms with van der Waals surface area (Å²) in [5.41, 5.74) is -0.761. The van der Waals surface area contributed by atoms with E-state index in [1.165, 1.54) is 47.6 Å². The topological polar surface area (TPSA) is 137 Å². The van der Waals surface area contributed by atoms with Crippen molar-refractivity contribution in [3.05, 3.63) is 86.8 Å². The molecule has 0 spiro atoms. The second-order valence-electron chi connectivity index (χ2n) is 13.6. The lowest BCUT2D eigenvalue weighted by Gasteiger charge is -2.47. The first-order valence-corrected chi connectivity index (χ1v) is 16.1. The highest BCUT2D eigenvalue weighted by Gasteiger charge is 2.55. The molecule has 3 aliphatic heterocycles. The molecule has 254 valence electrons. The minimum Gasteiger partial charge on any atom is -0.501 e. The van der Waals surface area contributed by atoms with Gasteiger partial charge in [-0.05, 0) is 55.9 Å². The number of ether oxygens (including phenoxy) is 1. The summed E-state index contributed by atoms with van der Waals surface area (Å²) in [6, 6.07) is 12.4. The Kier molecular flexibility index (Phi) is 8.75. The lowest BCUT2D eigenvalue weighted by atomic mass is 9.67. The van der Waals surface area contributed by atoms with Gasteiger partial charge in [0.15, 0.2) is 5.69 Å². The van der Waals surface area contributed by atoms with Crippen LogP contribution in [0.2, 0.25) is 0 Å². The SMILES string of the molecule is Cc1cc(CNC(=O)c2nc3n(c(=O)c2O)CC2(CN4CCOc5ccccc5C4)CCC3(N(C)C(=O)C(=O)N(C)C)CC2)ccc1F. The van der Waals surface area contributed by atoms with Gasteiger partial charge in [0.25, 0.3) is 11.5 Å². The number of aromatic nitrogens is 2. The lowest BCUT2D eigenvalue weighted by Crippen LogP contribution is -2.55. The number of hydrogen-bond donors (Lipinski definition) is 2. The summed E-state index contributed by atoms with van der Waals surface area (Å²) in [4.78, 5) is 63.5. The molecule has 0 atom stereocenters. The van der Waals surface area contributed by atoms with E-state index in [0.717, 1.165) is 11.3 Å². The number of carbonyl (C=O) groups is 3. The van der Waals surface area contributed by atoms with E-state index in [4.69, 9.17) is 4.74 Å². The third kappa shape index (κ3) is 5.91. The van der Waals surface area contributed by atoms with Crippen molar-refractivity contribution in [1.82, 2.24) is 29.6 Å². The van der Waals surface area contributed by atoms with Crippen LogP contribution in [-0.2, 0) is 34.8 Å². The Morgan fingerprint density at radius 1 is 1.06 bits per heavy atom. The first kappa shape index (κ1) is 33.1. The zero-order chi connectivity index (χ0) is 34.4. The molecule has 2 aromatic carbocycles. The van der Waals surface area contributed by atoms with Crippen LogP contribution in [0, 0.1) is 18.2 Å². The normalized spacial score (nSPS) is 21.6. The molecule has 2 N–H and O–H groups in total. The van der Waals surface area contributed by atoms with Gasteiger partial charge in [-0.3, -0.25) is 28.6 Å². The van der Waals surface area contributed by atoms with Crippen molar-refractivity contribution in [2.75, 3.05) is 40.8 Å². The Morgan fingerprint density at radius 3 is 2.50 bits per heavy atom. The number of amides is 3. The maximum Gasteiger partial charge on any atom is 0.312 e. The van der Waals surface area contributed by atoms with Crippen molar-refractivity contribution < 1.29 is 28.6 Å². The smallest absolute Gasteiger partial charge is 0.312 e. The van der Waals surface area contributed by atoms with Gasteiger partial charge in [-0.15, -0.1) is 0 Å². The predicted molar refractivity (Wildman–Crippen MR) is 174 cm³/mol. The quantitative estimate of drug-likeness (QED) is 0.385. The number of fused-ring (bicyclic) bond motifs is 3. The van der Waals surface area contributed by atoms with E-state index in [-0.39, 0.29) is 24.7 Å². The third-order valence-corrected chi connectivity index (χ3v) is 10.2. The maximum atomic E-state index is 14.0. The average molecular weight is 661 g/mol. The van der Waals surface area contributed by atoms with Crippen molar-refractivity contribution in [2.24, 2.45) is 5.41 Å². The molecule has 48 heavy (non-hydrogen) atoms. The van der Waals surface area contributed by atoms with Crippen molar-refractivity contribution in [3.8, 4) is 11.5 Å². The van der Waals surface area contributed by atoms with Crippen molar-refractivity contribution in [3.63, 3.8) is 0 Å². The van der Waals surface area contributed by atoms with Gasteiger partial charge in [0, 0.05) is 64.8 Å². The lowest BCUT2D eigenvalue weighted by molar-refractivity contribution is -0.155. The summed E-state index contributed by atoms with van der Waals surface area (Å²) in [6.45, 7) is 4.30. The molecule has 3 aromatic rings. The third-order valence-electron chi connectivity index (χ3n) is 10.2. The summed E-state index contributed by atoms with van der Waals surface area (Å²) in [5.74, 6) is -2.43. The highest BCUT2D eigenvalue weighted by atomic mass is 19.1. The summed E-state index contributed by atoms with van der Waals surface area (Å²) >= 11 is 0. The molecular weight excluding hydrogens is 619 g/mol. The standard InChI is InChI=1S/C35H41FN6O6/c1-22-17-23(9-10-25(22)36)18-37-29(44)27-28(43)30(45)42-21-34(20-41-15-16-48-26-8-6-5-7-24(26)19-41)11-13-35(14-12-34,33(42)38-27)40(4)32(47)31(46)39(2)3/h5-10,17,43H,11-16,18-21H2,1-4H3,(H,37,44). The summed E-state index contributed by atoms with van der Waals surface area (Å²) in [5, 5.41) is 13.8. The Morgan fingerprint density at radius 2 is 1.79 bits per heavy atom. The molecule has 13 heteroatoms. The molecule has 4 aliphatic rings. The van der Waals surface area contributed by atoms with Gasteiger partial charge >= 0.3 is 11.8 Å². The average Bonchev–Trinajstić information content (AvgIpc) is 3.42. The molecule has 0 unspecified atom stereocenters. The van der Waals surface area contributed by atoms with Gasteiger partial charge < -0.3 is 25.0 Å². The van der Waals surface area contributed by atoms with E-state index in [9.17, 15) is 28.7 Å². The minimum atomic E-state index is -1.19. The van der Waals surface area contributed by atoms with E-state index in [1.54, 1.807) is 13.0 Å². The number of likely N-dealkylation sites (N-methyl/N-ethyl adjacent to an activating group) is 2. The molecule has 0 saturated heterocycles. The monoisotopic (exact) mass is 660 g/mol. The predicted octanol–water partition coefficient (Wildman–Crippen LogP) is 2.54. The van der Waals surface area contributed by atoms with Crippen molar-refractivity contribution >= 4 is 17.7 Å². The molecule has 7 rings (SSSR count). The number of benzene rings is 2. The fourth-order valence-corrected chi connectivity index (χ4v) is 7.41. The largest absolute Gasteiger partial charge is 0.501 e. The van der Waals surface area contributed by atoms with Gasteiger partial charge in [0.2, 0.25) is 5.75 Å². The van der Waals surface area contributed by atoms with Crippen molar-refractivity contribution in [2.45, 2.75) is 57.8 Å². The van der Waals surface area contributed by atoms with Crippen LogP contribution < -0.4 is 15.6 Å². The molecule has 1 saturated carbocycles. The number of halogens is 1. The number of carbonyl (C=O) groups excluding carboxylic acids is 3. The molecule has 1 aliphatic carbocycles. The first-order chi connectivity index (χ1) is 22.8. The van der Waals surface area contributed by atoms with Crippen LogP contribution in [0.1, 0.15) is 58.7 Å². The second kappa shape index (κ2) is 12.7. The number of nitrogens with one attached hydrogen (secondary N) is 1. The van der Waals surface area contributed by atoms with Crippen LogP contribution in [0.4, 0.5) is 4.39 Å². The fraction of sp³-hybridized carbons (Fsp3) is 0.457. The molecule has 0 radical (unpaired) electrons. The Bertz CT molecular complexity index is 1830. The molecule has 12 nitrogen and oxygen atoms in total.